The van der Waals surface area contributed by atoms with E-state index in [4.69, 9.17) is 9.97 Å². The van der Waals surface area contributed by atoms with E-state index in [0.717, 1.165) is 367 Å². The summed E-state index contributed by atoms with van der Waals surface area (Å²) in [6.07, 6.45) is 47.4. The van der Waals surface area contributed by atoms with Crippen molar-refractivity contribution in [3.8, 4) is 0 Å². The highest BCUT2D eigenvalue weighted by atomic mass is 35.5. The number of aryl methyl sites for hydroxylation is 4. The van der Waals surface area contributed by atoms with Gasteiger partial charge in [0.2, 0.25) is 11.8 Å². The van der Waals surface area contributed by atoms with Crippen molar-refractivity contribution in [2.24, 2.45) is 0 Å². The van der Waals surface area contributed by atoms with E-state index in [9.17, 15) is 9.59 Å². The van der Waals surface area contributed by atoms with E-state index >= 15 is 0 Å². The van der Waals surface area contributed by atoms with Gasteiger partial charge in [0.25, 0.3) is 0 Å². The molecule has 20 N–H and O–H groups in total. The Bertz CT molecular complexity index is 3720. The van der Waals surface area contributed by atoms with E-state index in [1.54, 1.807) is 0 Å². The molecule has 0 saturated heterocycles. The molecule has 2 aliphatic rings. The predicted molar refractivity (Wildman–Crippen MR) is 614 cm³/mol. The Morgan fingerprint density at radius 3 is 0.624 bits per heavy atom. The Hall–Kier alpha value is -4.89. The molecule has 0 spiro atoms. The Balaban J connectivity index is 0.0000415. The first kappa shape index (κ1) is 128. The zero-order valence-corrected chi connectivity index (χ0v) is 93.1. The summed E-state index contributed by atoms with van der Waals surface area (Å²) in [5.74, 6) is 0.363. The molecule has 0 aromatic carbocycles. The molecule has 2 amide bonds. The maximum atomic E-state index is 14.3. The van der Waals surface area contributed by atoms with Crippen LogP contribution in [0, 0.1) is 13.8 Å². The zero-order valence-electron chi connectivity index (χ0n) is 92.3. The number of H-pyrrole nitrogens is 2. The zero-order chi connectivity index (χ0) is 99.9. The van der Waals surface area contributed by atoms with Crippen LogP contribution in [-0.2, 0) is 22.4 Å². The average molecular weight is 1990 g/mol. The lowest BCUT2D eigenvalue weighted by Crippen LogP contribution is -2.32. The molecular weight excluding hydrogens is 1770 g/mol. The molecule has 141 heavy (non-hydrogen) atoms. The van der Waals surface area contributed by atoms with E-state index in [2.05, 4.69) is 199 Å². The summed E-state index contributed by atoms with van der Waals surface area (Å²) < 4.78 is 0. The fraction of sp³-hybridized carbons (Fsp3) is 0.807. The number of halogens is 1. The molecule has 27 heteroatoms. The molecule has 0 atom stereocenters. The molecule has 2 aliphatic heterocycles. The van der Waals surface area contributed by atoms with Crippen molar-refractivity contribution in [1.29, 1.82) is 0 Å². The number of nitrogens with one attached hydrogen (secondary N) is 20. The van der Waals surface area contributed by atoms with Gasteiger partial charge in [0.05, 0.1) is 22.8 Å². The summed E-state index contributed by atoms with van der Waals surface area (Å²) in [5, 5.41) is 65.1. The van der Waals surface area contributed by atoms with E-state index in [-0.39, 0.29) is 24.2 Å². The second kappa shape index (κ2) is 91.3. The molecule has 8 bridgehead atoms. The van der Waals surface area contributed by atoms with Gasteiger partial charge < -0.3 is 115 Å². The average Bonchev–Trinajstić information content (AvgIpc) is 1.62. The molecule has 0 aliphatic carbocycles. The van der Waals surface area contributed by atoms with Crippen LogP contribution in [0.4, 0.5) is 0 Å². The van der Waals surface area contributed by atoms with Gasteiger partial charge in [-0.1, -0.05) is 27.7 Å². The van der Waals surface area contributed by atoms with Crippen LogP contribution in [-0.4, -0.2) is 303 Å². The summed E-state index contributed by atoms with van der Waals surface area (Å²) in [4.78, 5) is 51.3. The summed E-state index contributed by atoms with van der Waals surface area (Å²) >= 11 is 0. The largest absolute Gasteiger partial charge is 0.355 e. The highest BCUT2D eigenvalue weighted by Crippen LogP contribution is 2.39. The van der Waals surface area contributed by atoms with Gasteiger partial charge in [-0.05, 0) is 603 Å². The summed E-state index contributed by atoms with van der Waals surface area (Å²) in [7, 11) is 0. The number of aromatic nitrogens is 4. The van der Waals surface area contributed by atoms with Crippen molar-refractivity contribution in [3.63, 3.8) is 0 Å². The molecule has 0 radical (unpaired) electrons. The van der Waals surface area contributed by atoms with Crippen molar-refractivity contribution in [3.05, 3.63) is 69.3 Å². The van der Waals surface area contributed by atoms with Crippen molar-refractivity contribution < 1.29 is 9.59 Å². The highest BCUT2D eigenvalue weighted by Gasteiger charge is 2.26. The van der Waals surface area contributed by atoms with Crippen LogP contribution >= 0.6 is 12.4 Å². The molecule has 5 heterocycles. The van der Waals surface area contributed by atoms with E-state index < -0.39 is 0 Å². The first-order valence-electron chi connectivity index (χ1n) is 58.4. The summed E-state index contributed by atoms with van der Waals surface area (Å²) in [5.41, 5.74) is 17.2. The topological polar surface area (TPSA) is 315 Å². The fourth-order valence-corrected chi connectivity index (χ4v) is 18.9. The number of hydrogen-bond donors (Lipinski definition) is 20. The standard InChI is InChI=1S/C114H218N24O2.ClH/c1-11-101-97(7)105-93-106-99(9)103(53-55-113(139)137(15-5)91-51-49-89-131-87-47-45-85-129-83-43-41-81-127-79-39-37-77-125-75-35-33-73-123-71-31-29-69-121-67-27-25-65-119-63-23-21-61-117-59-19-17-57-115-13-3)111(135-106)96-112-104(100(10)108(136-112)95-110-102(12-2)98(8)107(134-110)94-109(101)133-105)54-56-114(140)138(16-6)92-52-50-90-132-88-48-46-86-130-84-44-42-82-128-80-40-38-78-126-76-36-34-74-124-72-32-30-70-122-68-28-26-66-120-64-24-22-62-118-60-20-18-58-116-14-4;/h93-96,115-134H,11-92H2,1-10H3;1H. The molecule has 0 fully saturated rings. The van der Waals surface area contributed by atoms with Gasteiger partial charge >= 0.3 is 0 Å². The lowest BCUT2D eigenvalue weighted by atomic mass is 9.97. The number of carbonyl (C=O) groups excluding carboxylic acids is 2. The van der Waals surface area contributed by atoms with Crippen LogP contribution in [0.2, 0.25) is 0 Å². The molecule has 3 aromatic heterocycles. The van der Waals surface area contributed by atoms with Gasteiger partial charge in [0.1, 0.15) is 0 Å². The van der Waals surface area contributed by atoms with Crippen LogP contribution < -0.4 is 95.7 Å². The Kier molecular flexibility index (Phi) is 83.2. The fourth-order valence-electron chi connectivity index (χ4n) is 18.9. The summed E-state index contributed by atoms with van der Waals surface area (Å²) in [6.45, 7) is 64.7. The van der Waals surface area contributed by atoms with Crippen LogP contribution in [0.25, 0.3) is 44.4 Å². The number of carbonyl (C=O) groups is 2. The number of fused-ring (bicyclic) bond motifs is 8. The Morgan fingerprint density at radius 2 is 0.426 bits per heavy atom. The molecule has 814 valence electrons. The van der Waals surface area contributed by atoms with Crippen LogP contribution in [0.15, 0.2) is 24.3 Å². The number of unbranched alkanes of at least 4 members (excludes halogenated alkanes) is 18. The minimum Gasteiger partial charge on any atom is -0.355 e. The van der Waals surface area contributed by atoms with Gasteiger partial charge in [0.15, 0.2) is 0 Å². The molecule has 0 saturated carbocycles. The molecule has 3 aromatic rings. The summed E-state index contributed by atoms with van der Waals surface area (Å²) in [6, 6.07) is 8.88. The Morgan fingerprint density at radius 1 is 0.241 bits per heavy atom. The second-order valence-electron chi connectivity index (χ2n) is 39.7. The highest BCUT2D eigenvalue weighted by molar-refractivity contribution is 5.97. The van der Waals surface area contributed by atoms with Crippen molar-refractivity contribution in [2.45, 2.75) is 339 Å². The van der Waals surface area contributed by atoms with Crippen LogP contribution in [0.1, 0.15) is 357 Å². The number of allylic oxidation sites excluding steroid dienone is 4. The number of nitrogens with zero attached hydrogens (tertiary/aromatic N) is 4. The van der Waals surface area contributed by atoms with Gasteiger partial charge in [-0.25, -0.2) is 9.97 Å². The van der Waals surface area contributed by atoms with Gasteiger partial charge in [-0.3, -0.25) is 9.59 Å². The van der Waals surface area contributed by atoms with Gasteiger partial charge in [0, 0.05) is 61.1 Å². The first-order chi connectivity index (χ1) is 69.0. The minimum absolute atomic E-state index is 0. The maximum absolute atomic E-state index is 14.3. The minimum atomic E-state index is 0. The number of rotatable bonds is 102. The molecule has 5 rings (SSSR count). The van der Waals surface area contributed by atoms with Crippen molar-refractivity contribution >= 4 is 68.6 Å². The van der Waals surface area contributed by atoms with Crippen molar-refractivity contribution in [2.75, 3.05) is 262 Å². The quantitative estimate of drug-likeness (QED) is 0.0234. The number of hydrogen-bond acceptors (Lipinski definition) is 22. The molecule has 0 unspecified atom stereocenters. The number of aromatic amines is 2. The molecule has 26 nitrogen and oxygen atoms in total. The van der Waals surface area contributed by atoms with Gasteiger partial charge in [-0.15, -0.1) is 12.4 Å². The lowest BCUT2D eigenvalue weighted by molar-refractivity contribution is -0.131. The lowest BCUT2D eigenvalue weighted by Gasteiger charge is -2.21. The van der Waals surface area contributed by atoms with E-state index in [1.807, 2.05) is 9.80 Å². The third-order valence-corrected chi connectivity index (χ3v) is 28.0. The second-order valence-corrected chi connectivity index (χ2v) is 39.7. The number of amides is 2. The normalized spacial score (nSPS) is 12.3. The first-order valence-corrected chi connectivity index (χ1v) is 58.4. The SMILES string of the molecule is CCNCCCCNCCCCNCCCCNCCCCNCCCCNCCCCNCCCCNCCCCNCCCCN(CC)C(=O)CCC1=C(C)c2cc3[nH]c(cc4[nH]c(cc5nc(cc1n2)C(CCC(=O)N(CC)CCCCNCCCCNCCCCNCCCCNCCCCNCCCCNCCCCNCCCCNCCCCNCC)=C5C)c(CC)c4C)c(CC)c3C.Cl. The third kappa shape index (κ3) is 62.9. The Labute approximate surface area is 868 Å². The predicted octanol–water partition coefficient (Wildman–Crippen LogP) is 16.3. The van der Waals surface area contributed by atoms with Crippen LogP contribution in [0.3, 0.4) is 0 Å². The van der Waals surface area contributed by atoms with E-state index in [0.29, 0.717) is 38.8 Å². The van der Waals surface area contributed by atoms with E-state index in [1.165, 1.54) is 215 Å². The van der Waals surface area contributed by atoms with Gasteiger partial charge in [-0.2, -0.15) is 0 Å². The molecular formula is C114H219ClN24O2. The third-order valence-electron chi connectivity index (χ3n) is 28.0. The van der Waals surface area contributed by atoms with Crippen LogP contribution in [0.5, 0.6) is 0 Å². The van der Waals surface area contributed by atoms with Crippen molar-refractivity contribution in [1.82, 2.24) is 125 Å². The maximum Gasteiger partial charge on any atom is 0.222 e. The smallest absolute Gasteiger partial charge is 0.222 e. The monoisotopic (exact) mass is 1990 g/mol.